The summed E-state index contributed by atoms with van der Waals surface area (Å²) in [6.45, 7) is 2.31. The van der Waals surface area contributed by atoms with Gasteiger partial charge < -0.3 is 10.6 Å². The van der Waals surface area contributed by atoms with Crippen LogP contribution in [-0.4, -0.2) is 26.4 Å². The largest absolute Gasteiger partial charge is 0.378 e. The Bertz CT molecular complexity index is 1260. The maximum Gasteiger partial charge on any atom is 0.234 e. The van der Waals surface area contributed by atoms with E-state index < -0.39 is 0 Å². The first-order valence-corrected chi connectivity index (χ1v) is 11.9. The van der Waals surface area contributed by atoms with Crippen molar-refractivity contribution in [2.45, 2.75) is 18.6 Å². The number of amides is 1. The van der Waals surface area contributed by atoms with E-state index in [0.29, 0.717) is 27.4 Å². The Morgan fingerprint density at radius 2 is 1.79 bits per heavy atom. The first-order valence-electron chi connectivity index (χ1n) is 10.2. The van der Waals surface area contributed by atoms with E-state index in [9.17, 15) is 4.79 Å². The van der Waals surface area contributed by atoms with E-state index in [1.54, 1.807) is 6.07 Å². The van der Waals surface area contributed by atoms with Crippen LogP contribution in [0.2, 0.25) is 10.0 Å². The summed E-state index contributed by atoms with van der Waals surface area (Å²) in [6, 6.07) is 22.7. The number of anilines is 2. The Balaban J connectivity index is 1.50. The monoisotopic (exact) mass is 497 g/mol. The highest BCUT2D eigenvalue weighted by atomic mass is 35.5. The van der Waals surface area contributed by atoms with Crippen molar-refractivity contribution in [3.8, 4) is 5.69 Å². The van der Waals surface area contributed by atoms with Crippen molar-refractivity contribution in [2.24, 2.45) is 0 Å². The highest BCUT2D eigenvalue weighted by Gasteiger charge is 2.16. The number of para-hydroxylation sites is 1. The fourth-order valence-electron chi connectivity index (χ4n) is 3.18. The number of thioether (sulfide) groups is 1. The number of rotatable bonds is 8. The highest BCUT2D eigenvalue weighted by Crippen LogP contribution is 2.25. The normalized spacial score (nSPS) is 10.8. The Morgan fingerprint density at radius 1 is 1.00 bits per heavy atom. The van der Waals surface area contributed by atoms with Gasteiger partial charge in [-0.2, -0.15) is 0 Å². The first-order chi connectivity index (χ1) is 16.0. The summed E-state index contributed by atoms with van der Waals surface area (Å²) < 4.78 is 1.94. The molecule has 0 bridgehead atoms. The van der Waals surface area contributed by atoms with Crippen LogP contribution in [0.5, 0.6) is 0 Å². The van der Waals surface area contributed by atoms with Crippen LogP contribution >= 0.6 is 35.0 Å². The van der Waals surface area contributed by atoms with Crippen molar-refractivity contribution in [3.63, 3.8) is 0 Å². The summed E-state index contributed by atoms with van der Waals surface area (Å²) >= 11 is 13.6. The molecule has 0 aliphatic rings. The minimum Gasteiger partial charge on any atom is -0.378 e. The molecule has 0 aliphatic carbocycles. The molecule has 0 saturated heterocycles. The Hall–Kier alpha value is -3.00. The van der Waals surface area contributed by atoms with E-state index in [0.717, 1.165) is 22.8 Å². The zero-order valence-corrected chi connectivity index (χ0v) is 20.1. The van der Waals surface area contributed by atoms with Crippen LogP contribution in [0.3, 0.4) is 0 Å². The van der Waals surface area contributed by atoms with Crippen LogP contribution < -0.4 is 10.6 Å². The fraction of sp³-hybridized carbons (Fsp3) is 0.125. The zero-order valence-electron chi connectivity index (χ0n) is 17.8. The van der Waals surface area contributed by atoms with Gasteiger partial charge in [-0.1, -0.05) is 65.3 Å². The van der Waals surface area contributed by atoms with Gasteiger partial charge in [0.1, 0.15) is 0 Å². The predicted octanol–water partition coefficient (Wildman–Crippen LogP) is 6.23. The van der Waals surface area contributed by atoms with Gasteiger partial charge in [-0.25, -0.2) is 0 Å². The number of hydrogen-bond acceptors (Lipinski definition) is 5. The number of aromatic nitrogens is 3. The minimum atomic E-state index is -0.147. The van der Waals surface area contributed by atoms with Crippen molar-refractivity contribution in [1.82, 2.24) is 14.8 Å². The number of hydrogen-bond donors (Lipinski definition) is 2. The third-order valence-electron chi connectivity index (χ3n) is 4.86. The maximum atomic E-state index is 12.6. The van der Waals surface area contributed by atoms with Gasteiger partial charge in [0.15, 0.2) is 11.0 Å². The summed E-state index contributed by atoms with van der Waals surface area (Å²) in [6.07, 6.45) is 0. The molecule has 0 radical (unpaired) electrons. The van der Waals surface area contributed by atoms with Crippen LogP contribution in [0.25, 0.3) is 5.69 Å². The van der Waals surface area contributed by atoms with Gasteiger partial charge in [0.05, 0.1) is 12.3 Å². The average Bonchev–Trinajstić information content (AvgIpc) is 3.23. The van der Waals surface area contributed by atoms with Gasteiger partial charge in [0.25, 0.3) is 0 Å². The van der Waals surface area contributed by atoms with E-state index >= 15 is 0 Å². The van der Waals surface area contributed by atoms with Gasteiger partial charge in [0.2, 0.25) is 5.91 Å². The molecule has 0 atom stereocenters. The standard InChI is InChI=1S/C24H21Cl2N5OS/c1-16-20(26)11-6-12-21(16)28-23(32)15-33-24-30-29-22(31(24)19-9-3-2-4-10-19)14-27-18-8-5-7-17(25)13-18/h2-13,27H,14-15H2,1H3,(H,28,32). The second-order valence-electron chi connectivity index (χ2n) is 7.18. The molecule has 1 amide bonds. The van der Waals surface area contributed by atoms with Crippen LogP contribution in [0.4, 0.5) is 11.4 Å². The molecule has 0 aliphatic heterocycles. The summed E-state index contributed by atoms with van der Waals surface area (Å²) in [4.78, 5) is 12.6. The lowest BCUT2D eigenvalue weighted by atomic mass is 10.2. The first kappa shape index (κ1) is 23.2. The molecule has 2 N–H and O–H groups in total. The van der Waals surface area contributed by atoms with E-state index in [1.807, 2.05) is 78.2 Å². The van der Waals surface area contributed by atoms with Crippen molar-refractivity contribution < 1.29 is 4.79 Å². The van der Waals surface area contributed by atoms with Crippen molar-refractivity contribution in [1.29, 1.82) is 0 Å². The van der Waals surface area contributed by atoms with Gasteiger partial charge in [-0.15, -0.1) is 10.2 Å². The molecular formula is C24H21Cl2N5OS. The third kappa shape index (κ3) is 5.87. The lowest BCUT2D eigenvalue weighted by Gasteiger charge is -2.12. The maximum absolute atomic E-state index is 12.6. The molecule has 0 fully saturated rings. The van der Waals surface area contributed by atoms with Crippen LogP contribution in [0.15, 0.2) is 78.0 Å². The summed E-state index contributed by atoms with van der Waals surface area (Å²) in [5.41, 5.74) is 3.33. The molecular weight excluding hydrogens is 477 g/mol. The Kier molecular flexibility index (Phi) is 7.54. The SMILES string of the molecule is Cc1c(Cl)cccc1NC(=O)CSc1nnc(CNc2cccc(Cl)c2)n1-c1ccccc1. The lowest BCUT2D eigenvalue weighted by Crippen LogP contribution is -2.15. The highest BCUT2D eigenvalue weighted by molar-refractivity contribution is 7.99. The summed E-state index contributed by atoms with van der Waals surface area (Å²) in [7, 11) is 0. The molecule has 0 saturated carbocycles. The number of carbonyl (C=O) groups excluding carboxylic acids is 1. The van der Waals surface area contributed by atoms with Gasteiger partial charge in [0, 0.05) is 27.1 Å². The number of carbonyl (C=O) groups is 1. The molecule has 168 valence electrons. The van der Waals surface area contributed by atoms with E-state index in [2.05, 4.69) is 20.8 Å². The second kappa shape index (κ2) is 10.7. The van der Waals surface area contributed by atoms with Crippen molar-refractivity contribution >= 4 is 52.2 Å². The molecule has 1 aromatic heterocycles. The molecule has 1 heterocycles. The van der Waals surface area contributed by atoms with Gasteiger partial charge in [-0.3, -0.25) is 9.36 Å². The molecule has 4 aromatic rings. The topological polar surface area (TPSA) is 71.8 Å². The van der Waals surface area contributed by atoms with Gasteiger partial charge >= 0.3 is 0 Å². The summed E-state index contributed by atoms with van der Waals surface area (Å²) in [5.74, 6) is 0.750. The molecule has 9 heteroatoms. The third-order valence-corrected chi connectivity index (χ3v) is 6.44. The van der Waals surface area contributed by atoms with E-state index in [-0.39, 0.29) is 11.7 Å². The lowest BCUT2D eigenvalue weighted by molar-refractivity contribution is -0.113. The molecule has 3 aromatic carbocycles. The summed E-state index contributed by atoms with van der Waals surface area (Å²) in [5, 5.41) is 16.8. The number of nitrogens with one attached hydrogen (secondary N) is 2. The van der Waals surface area contributed by atoms with Crippen LogP contribution in [-0.2, 0) is 11.3 Å². The minimum absolute atomic E-state index is 0.147. The molecule has 33 heavy (non-hydrogen) atoms. The smallest absolute Gasteiger partial charge is 0.234 e. The van der Waals surface area contributed by atoms with Crippen LogP contribution in [0.1, 0.15) is 11.4 Å². The Morgan fingerprint density at radius 3 is 2.58 bits per heavy atom. The molecule has 4 rings (SSSR count). The molecule has 6 nitrogen and oxygen atoms in total. The number of halogens is 2. The molecule has 0 unspecified atom stereocenters. The van der Waals surface area contributed by atoms with E-state index in [1.165, 1.54) is 11.8 Å². The van der Waals surface area contributed by atoms with Gasteiger partial charge in [-0.05, 0) is 55.0 Å². The molecule has 0 spiro atoms. The van der Waals surface area contributed by atoms with Crippen molar-refractivity contribution in [2.75, 3.05) is 16.4 Å². The second-order valence-corrected chi connectivity index (χ2v) is 8.97. The zero-order chi connectivity index (χ0) is 23.2. The van der Waals surface area contributed by atoms with E-state index in [4.69, 9.17) is 23.2 Å². The number of nitrogens with zero attached hydrogens (tertiary/aromatic N) is 3. The average molecular weight is 498 g/mol. The van der Waals surface area contributed by atoms with Crippen LogP contribution in [0, 0.1) is 6.92 Å². The quantitative estimate of drug-likeness (QED) is 0.282. The van der Waals surface area contributed by atoms with Crippen molar-refractivity contribution in [3.05, 3.63) is 94.2 Å². The Labute approximate surface area is 206 Å². The number of benzene rings is 3. The fourth-order valence-corrected chi connectivity index (χ4v) is 4.32. The predicted molar refractivity (Wildman–Crippen MR) is 136 cm³/mol.